The molecule has 3 heteroatoms. The fourth-order valence-corrected chi connectivity index (χ4v) is 2.46. The molecule has 2 fully saturated rings. The Morgan fingerprint density at radius 1 is 1.50 bits per heavy atom. The topological polar surface area (TPSA) is 55.5 Å². The van der Waals surface area contributed by atoms with Gasteiger partial charge in [-0.05, 0) is 24.8 Å². The van der Waals surface area contributed by atoms with Crippen molar-refractivity contribution in [2.45, 2.75) is 25.9 Å². The van der Waals surface area contributed by atoms with Crippen LogP contribution in [-0.4, -0.2) is 31.0 Å². The molecule has 0 radical (unpaired) electrons. The van der Waals surface area contributed by atoms with E-state index in [1.54, 1.807) is 0 Å². The predicted molar refractivity (Wildman–Crippen MR) is 45.7 cm³/mol. The Balaban J connectivity index is 2.08. The van der Waals surface area contributed by atoms with Gasteiger partial charge in [0.1, 0.15) is 0 Å². The molecule has 2 aliphatic rings. The molecular weight excluding hydrogens is 154 g/mol. The van der Waals surface area contributed by atoms with Crippen LogP contribution in [0.3, 0.4) is 0 Å². The Bertz CT molecular complexity index is 183. The monoisotopic (exact) mass is 171 g/mol. The molecule has 1 saturated carbocycles. The molecule has 0 aromatic rings. The number of rotatable bonds is 2. The minimum absolute atomic E-state index is 0.119. The molecular formula is C9H17NO2. The molecule has 0 aromatic carbocycles. The predicted octanol–water partition coefficient (Wildman–Crippen LogP) is 0.123. The van der Waals surface area contributed by atoms with E-state index in [2.05, 4.69) is 6.92 Å². The van der Waals surface area contributed by atoms with Gasteiger partial charge in [0, 0.05) is 5.41 Å². The van der Waals surface area contributed by atoms with Crippen molar-refractivity contribution in [2.24, 2.45) is 16.6 Å². The van der Waals surface area contributed by atoms with Crippen LogP contribution in [0.2, 0.25) is 0 Å². The largest absolute Gasteiger partial charge is 0.393 e. The van der Waals surface area contributed by atoms with Crippen molar-refractivity contribution < 1.29 is 9.84 Å². The first-order chi connectivity index (χ1) is 5.62. The second-order valence-electron chi connectivity index (χ2n) is 4.60. The van der Waals surface area contributed by atoms with E-state index in [-0.39, 0.29) is 16.9 Å². The van der Waals surface area contributed by atoms with Crippen molar-refractivity contribution in [1.29, 1.82) is 0 Å². The highest BCUT2D eigenvalue weighted by atomic mass is 16.5. The maximum atomic E-state index is 9.30. The summed E-state index contributed by atoms with van der Waals surface area (Å²) in [6.07, 6.45) is 1.61. The number of nitrogens with two attached hydrogens (primary N) is 1. The molecule has 3 N–H and O–H groups in total. The zero-order chi connectivity index (χ0) is 8.82. The minimum Gasteiger partial charge on any atom is -0.393 e. The Labute approximate surface area is 72.9 Å². The van der Waals surface area contributed by atoms with E-state index in [0.29, 0.717) is 6.54 Å². The van der Waals surface area contributed by atoms with Crippen LogP contribution in [0.1, 0.15) is 19.8 Å². The number of aliphatic hydroxyl groups excluding tert-OH is 1. The third-order valence-corrected chi connectivity index (χ3v) is 3.77. The lowest BCUT2D eigenvalue weighted by atomic mass is 9.51. The lowest BCUT2D eigenvalue weighted by Gasteiger charge is -2.59. The first kappa shape index (κ1) is 8.48. The van der Waals surface area contributed by atoms with Crippen LogP contribution in [0.5, 0.6) is 0 Å². The van der Waals surface area contributed by atoms with Gasteiger partial charge >= 0.3 is 0 Å². The van der Waals surface area contributed by atoms with Crippen molar-refractivity contribution in [2.75, 3.05) is 19.8 Å². The summed E-state index contributed by atoms with van der Waals surface area (Å²) in [6, 6.07) is 0. The minimum atomic E-state index is -0.119. The molecule has 70 valence electrons. The van der Waals surface area contributed by atoms with Gasteiger partial charge in [-0.25, -0.2) is 0 Å². The molecule has 0 atom stereocenters. The number of ether oxygens (including phenoxy) is 1. The van der Waals surface area contributed by atoms with Crippen molar-refractivity contribution in [3.8, 4) is 0 Å². The van der Waals surface area contributed by atoms with Crippen LogP contribution in [0.4, 0.5) is 0 Å². The summed E-state index contributed by atoms with van der Waals surface area (Å²) in [6.45, 7) is 4.53. The number of hydrogen-bond donors (Lipinski definition) is 2. The summed E-state index contributed by atoms with van der Waals surface area (Å²) in [5.41, 5.74) is 6.17. The average molecular weight is 171 g/mol. The van der Waals surface area contributed by atoms with Crippen LogP contribution in [0.25, 0.3) is 0 Å². The van der Waals surface area contributed by atoms with Gasteiger partial charge in [-0.2, -0.15) is 0 Å². The highest BCUT2D eigenvalue weighted by Crippen LogP contribution is 2.56. The van der Waals surface area contributed by atoms with E-state index >= 15 is 0 Å². The van der Waals surface area contributed by atoms with Crippen LogP contribution in [0.15, 0.2) is 0 Å². The quantitative estimate of drug-likeness (QED) is 0.620. The van der Waals surface area contributed by atoms with Gasteiger partial charge in [-0.3, -0.25) is 0 Å². The zero-order valence-electron chi connectivity index (χ0n) is 7.55. The second kappa shape index (κ2) is 2.44. The first-order valence-corrected chi connectivity index (χ1v) is 4.58. The highest BCUT2D eigenvalue weighted by molar-refractivity contribution is 5.07. The molecule has 0 spiro atoms. The third kappa shape index (κ3) is 0.873. The molecule has 0 amide bonds. The van der Waals surface area contributed by atoms with Crippen LogP contribution in [0, 0.1) is 10.8 Å². The van der Waals surface area contributed by atoms with Gasteiger partial charge in [0.25, 0.3) is 0 Å². The van der Waals surface area contributed by atoms with Gasteiger partial charge in [-0.1, -0.05) is 6.92 Å². The number of hydrogen-bond acceptors (Lipinski definition) is 3. The summed E-state index contributed by atoms with van der Waals surface area (Å²) in [7, 11) is 0. The molecule has 2 rings (SSSR count). The van der Waals surface area contributed by atoms with E-state index in [4.69, 9.17) is 10.5 Å². The standard InChI is InChI=1S/C9H17NO2/c1-8(5-12-6-8)9(4-10)2-7(11)3-9/h7,11H,2-6,10H2,1H3. The normalized spacial score (nSPS) is 44.8. The highest BCUT2D eigenvalue weighted by Gasteiger charge is 2.58. The van der Waals surface area contributed by atoms with E-state index in [9.17, 15) is 5.11 Å². The van der Waals surface area contributed by atoms with Crippen molar-refractivity contribution in [3.63, 3.8) is 0 Å². The Hall–Kier alpha value is -0.120. The van der Waals surface area contributed by atoms with E-state index < -0.39 is 0 Å². The molecule has 1 saturated heterocycles. The van der Waals surface area contributed by atoms with E-state index in [0.717, 1.165) is 26.1 Å². The molecule has 3 nitrogen and oxygen atoms in total. The van der Waals surface area contributed by atoms with Crippen LogP contribution >= 0.6 is 0 Å². The molecule has 1 aliphatic carbocycles. The fourth-order valence-electron chi connectivity index (χ4n) is 2.46. The van der Waals surface area contributed by atoms with Crippen LogP contribution in [-0.2, 0) is 4.74 Å². The number of aliphatic hydroxyl groups is 1. The third-order valence-electron chi connectivity index (χ3n) is 3.77. The summed E-state index contributed by atoms with van der Waals surface area (Å²) in [5.74, 6) is 0. The smallest absolute Gasteiger partial charge is 0.0552 e. The van der Waals surface area contributed by atoms with Crippen molar-refractivity contribution >= 4 is 0 Å². The lowest BCUT2D eigenvalue weighted by Crippen LogP contribution is -2.63. The molecule has 0 aromatic heterocycles. The van der Waals surface area contributed by atoms with E-state index in [1.807, 2.05) is 0 Å². The van der Waals surface area contributed by atoms with Gasteiger partial charge in [0.05, 0.1) is 19.3 Å². The second-order valence-corrected chi connectivity index (χ2v) is 4.60. The molecule has 1 aliphatic heterocycles. The van der Waals surface area contributed by atoms with Gasteiger partial charge in [0.15, 0.2) is 0 Å². The van der Waals surface area contributed by atoms with Gasteiger partial charge < -0.3 is 15.6 Å². The van der Waals surface area contributed by atoms with Gasteiger partial charge in [-0.15, -0.1) is 0 Å². The average Bonchev–Trinajstić information content (AvgIpc) is 1.93. The summed E-state index contributed by atoms with van der Waals surface area (Å²) >= 11 is 0. The zero-order valence-corrected chi connectivity index (χ0v) is 7.55. The summed E-state index contributed by atoms with van der Waals surface area (Å²) in [4.78, 5) is 0. The van der Waals surface area contributed by atoms with Crippen molar-refractivity contribution in [3.05, 3.63) is 0 Å². The summed E-state index contributed by atoms with van der Waals surface area (Å²) in [5, 5.41) is 9.30. The Morgan fingerprint density at radius 3 is 2.33 bits per heavy atom. The summed E-state index contributed by atoms with van der Waals surface area (Å²) < 4.78 is 5.22. The molecule has 0 bridgehead atoms. The van der Waals surface area contributed by atoms with Gasteiger partial charge in [0.2, 0.25) is 0 Å². The van der Waals surface area contributed by atoms with Crippen molar-refractivity contribution in [1.82, 2.24) is 0 Å². The Kier molecular flexibility index (Phi) is 1.72. The van der Waals surface area contributed by atoms with E-state index in [1.165, 1.54) is 0 Å². The Morgan fingerprint density at radius 2 is 2.08 bits per heavy atom. The maximum absolute atomic E-state index is 9.30. The first-order valence-electron chi connectivity index (χ1n) is 4.58. The molecule has 12 heavy (non-hydrogen) atoms. The molecule has 0 unspecified atom stereocenters. The SMILES string of the molecule is CC1(C2(CN)CC(O)C2)COC1. The fraction of sp³-hybridized carbons (Fsp3) is 1.00. The molecule has 1 heterocycles. The maximum Gasteiger partial charge on any atom is 0.0552 e. The van der Waals surface area contributed by atoms with Crippen LogP contribution < -0.4 is 5.73 Å². The lowest BCUT2D eigenvalue weighted by molar-refractivity contribution is -0.221.